The van der Waals surface area contributed by atoms with Crippen molar-refractivity contribution in [2.24, 2.45) is 0 Å². The van der Waals surface area contributed by atoms with E-state index in [4.69, 9.17) is 19.1 Å². The zero-order valence-electron chi connectivity index (χ0n) is 12.2. The second kappa shape index (κ2) is 6.19. The summed E-state index contributed by atoms with van der Waals surface area (Å²) in [5.74, 6) is -0.253. The number of rotatable bonds is 4. The number of carbonyl (C=O) groups is 1. The fourth-order valence-corrected chi connectivity index (χ4v) is 2.71. The molecule has 1 aromatic carbocycles. The Kier molecular flexibility index (Phi) is 4.11. The average Bonchev–Trinajstić information content (AvgIpc) is 3.05. The number of aromatic nitrogens is 1. The molecule has 1 saturated heterocycles. The first kappa shape index (κ1) is 14.6. The van der Waals surface area contributed by atoms with E-state index in [1.807, 2.05) is 18.2 Å². The Bertz CT molecular complexity index is 673. The van der Waals surface area contributed by atoms with Crippen LogP contribution in [0.4, 0.5) is 0 Å². The molecule has 2 aromatic rings. The van der Waals surface area contributed by atoms with E-state index in [9.17, 15) is 4.79 Å². The van der Waals surface area contributed by atoms with Crippen LogP contribution < -0.4 is 4.74 Å². The fraction of sp³-hybridized carbons (Fsp3) is 0.375. The maximum Gasteiger partial charge on any atom is 0.374 e. The smallest absolute Gasteiger partial charge is 0.374 e. The van der Waals surface area contributed by atoms with Crippen LogP contribution in [0, 0.1) is 0 Å². The van der Waals surface area contributed by atoms with Crippen LogP contribution in [0.25, 0.3) is 11.3 Å². The molecule has 116 valence electrons. The zero-order valence-corrected chi connectivity index (χ0v) is 12.2. The third-order valence-corrected chi connectivity index (χ3v) is 3.91. The van der Waals surface area contributed by atoms with Crippen LogP contribution in [0.1, 0.15) is 34.9 Å². The molecular weight excluding hydrogens is 286 g/mol. The van der Waals surface area contributed by atoms with E-state index in [0.29, 0.717) is 17.4 Å². The lowest BCUT2D eigenvalue weighted by Gasteiger charge is -2.23. The van der Waals surface area contributed by atoms with E-state index in [1.54, 1.807) is 7.11 Å². The van der Waals surface area contributed by atoms with Gasteiger partial charge >= 0.3 is 5.97 Å². The number of carboxylic acids is 1. The molecule has 0 unspecified atom stereocenters. The number of carboxylic acid groups (broad SMARTS) is 1. The van der Waals surface area contributed by atoms with Gasteiger partial charge in [0.2, 0.25) is 5.76 Å². The average molecular weight is 303 g/mol. The van der Waals surface area contributed by atoms with Gasteiger partial charge in [0.05, 0.1) is 7.11 Å². The van der Waals surface area contributed by atoms with Crippen molar-refractivity contribution in [2.45, 2.75) is 18.8 Å². The number of aromatic carboxylic acids is 1. The fourth-order valence-electron chi connectivity index (χ4n) is 2.71. The number of hydrogen-bond acceptors (Lipinski definition) is 5. The molecule has 0 bridgehead atoms. The Morgan fingerprint density at radius 2 is 2.09 bits per heavy atom. The molecule has 0 spiro atoms. The van der Waals surface area contributed by atoms with Gasteiger partial charge in [-0.05, 0) is 36.5 Å². The highest BCUT2D eigenvalue weighted by Gasteiger charge is 2.20. The summed E-state index contributed by atoms with van der Waals surface area (Å²) in [4.78, 5) is 10.9. The highest BCUT2D eigenvalue weighted by molar-refractivity contribution is 5.86. The maximum absolute atomic E-state index is 10.9. The molecule has 2 heterocycles. The normalized spacial score (nSPS) is 15.7. The van der Waals surface area contributed by atoms with E-state index in [-0.39, 0.29) is 5.76 Å². The van der Waals surface area contributed by atoms with Crippen molar-refractivity contribution in [3.63, 3.8) is 0 Å². The van der Waals surface area contributed by atoms with E-state index < -0.39 is 5.97 Å². The summed E-state index contributed by atoms with van der Waals surface area (Å²) in [6, 6.07) is 7.33. The van der Waals surface area contributed by atoms with Gasteiger partial charge < -0.3 is 19.1 Å². The first-order valence-corrected chi connectivity index (χ1v) is 7.15. The minimum Gasteiger partial charge on any atom is -0.496 e. The molecule has 0 saturated carbocycles. The lowest BCUT2D eigenvalue weighted by atomic mass is 9.90. The van der Waals surface area contributed by atoms with Crippen LogP contribution >= 0.6 is 0 Å². The molecule has 1 aliphatic heterocycles. The molecule has 0 radical (unpaired) electrons. The Labute approximate surface area is 127 Å². The van der Waals surface area contributed by atoms with E-state index in [1.165, 1.54) is 11.6 Å². The van der Waals surface area contributed by atoms with Crippen LogP contribution in [0.3, 0.4) is 0 Å². The Morgan fingerprint density at radius 1 is 1.32 bits per heavy atom. The summed E-state index contributed by atoms with van der Waals surface area (Å²) >= 11 is 0. The van der Waals surface area contributed by atoms with Crippen LogP contribution in [0.2, 0.25) is 0 Å². The molecule has 1 N–H and O–H groups in total. The molecule has 22 heavy (non-hydrogen) atoms. The quantitative estimate of drug-likeness (QED) is 0.935. The first-order valence-electron chi connectivity index (χ1n) is 7.15. The maximum atomic E-state index is 10.9. The summed E-state index contributed by atoms with van der Waals surface area (Å²) in [5.41, 5.74) is 2.38. The summed E-state index contributed by atoms with van der Waals surface area (Å²) in [5, 5.41) is 12.8. The molecule has 0 atom stereocenters. The van der Waals surface area contributed by atoms with Crippen molar-refractivity contribution < 1.29 is 23.9 Å². The van der Waals surface area contributed by atoms with Gasteiger partial charge in [-0.15, -0.1) is 0 Å². The van der Waals surface area contributed by atoms with Gasteiger partial charge in [0.25, 0.3) is 0 Å². The van der Waals surface area contributed by atoms with E-state index >= 15 is 0 Å². The summed E-state index contributed by atoms with van der Waals surface area (Å²) in [6.07, 6.45) is 1.95. The Morgan fingerprint density at radius 3 is 2.73 bits per heavy atom. The minimum absolute atomic E-state index is 0.187. The Balaban J connectivity index is 1.98. The minimum atomic E-state index is -1.14. The molecule has 3 rings (SSSR count). The van der Waals surface area contributed by atoms with Gasteiger partial charge in [0.15, 0.2) is 0 Å². The summed E-state index contributed by atoms with van der Waals surface area (Å²) < 4.78 is 15.6. The molecule has 1 aromatic heterocycles. The molecule has 1 aliphatic rings. The van der Waals surface area contributed by atoms with Crippen LogP contribution in [0.15, 0.2) is 28.8 Å². The highest BCUT2D eigenvalue weighted by atomic mass is 16.5. The van der Waals surface area contributed by atoms with Gasteiger partial charge in [0.1, 0.15) is 11.4 Å². The van der Waals surface area contributed by atoms with Gasteiger partial charge in [-0.25, -0.2) is 4.79 Å². The van der Waals surface area contributed by atoms with Crippen molar-refractivity contribution in [3.8, 4) is 17.0 Å². The van der Waals surface area contributed by atoms with Gasteiger partial charge in [-0.1, -0.05) is 11.2 Å². The molecule has 1 fully saturated rings. The predicted molar refractivity (Wildman–Crippen MR) is 78.2 cm³/mol. The number of ether oxygens (including phenoxy) is 2. The molecule has 0 amide bonds. The molecule has 0 aliphatic carbocycles. The second-order valence-corrected chi connectivity index (χ2v) is 5.23. The number of hydrogen-bond donors (Lipinski definition) is 1. The number of methoxy groups -OCH3 is 1. The predicted octanol–water partition coefficient (Wildman–Crippen LogP) is 2.94. The van der Waals surface area contributed by atoms with Crippen molar-refractivity contribution in [1.82, 2.24) is 5.16 Å². The lowest BCUT2D eigenvalue weighted by molar-refractivity contribution is 0.0652. The number of benzene rings is 1. The van der Waals surface area contributed by atoms with E-state index in [2.05, 4.69) is 5.16 Å². The third kappa shape index (κ3) is 2.82. The van der Waals surface area contributed by atoms with Crippen LogP contribution in [0.5, 0.6) is 5.75 Å². The van der Waals surface area contributed by atoms with Crippen molar-refractivity contribution in [3.05, 3.63) is 35.6 Å². The SMILES string of the molecule is COc1ccc(C2CCOCC2)cc1-c1cc(C(=O)O)on1. The lowest BCUT2D eigenvalue weighted by Crippen LogP contribution is -2.14. The van der Waals surface area contributed by atoms with Gasteiger partial charge in [-0.2, -0.15) is 0 Å². The molecule has 6 heteroatoms. The zero-order chi connectivity index (χ0) is 15.5. The third-order valence-electron chi connectivity index (χ3n) is 3.91. The number of nitrogens with zero attached hydrogens (tertiary/aromatic N) is 1. The Hall–Kier alpha value is -2.34. The summed E-state index contributed by atoms with van der Waals surface area (Å²) in [7, 11) is 1.57. The first-order chi connectivity index (χ1) is 10.7. The highest BCUT2D eigenvalue weighted by Crippen LogP contribution is 2.35. The van der Waals surface area contributed by atoms with Crippen LogP contribution in [-0.2, 0) is 4.74 Å². The van der Waals surface area contributed by atoms with Crippen molar-refractivity contribution >= 4 is 5.97 Å². The van der Waals surface area contributed by atoms with Gasteiger partial charge in [-0.3, -0.25) is 0 Å². The molecule has 6 nitrogen and oxygen atoms in total. The largest absolute Gasteiger partial charge is 0.496 e. The standard InChI is InChI=1S/C16H17NO5/c1-20-14-3-2-11(10-4-6-21-7-5-10)8-12(14)13-9-15(16(18)19)22-17-13/h2-3,8-10H,4-7H2,1H3,(H,18,19). The molecular formula is C16H17NO5. The van der Waals surface area contributed by atoms with Gasteiger partial charge in [0, 0.05) is 24.8 Å². The van der Waals surface area contributed by atoms with Crippen molar-refractivity contribution in [2.75, 3.05) is 20.3 Å². The monoisotopic (exact) mass is 303 g/mol. The van der Waals surface area contributed by atoms with Crippen molar-refractivity contribution in [1.29, 1.82) is 0 Å². The summed E-state index contributed by atoms with van der Waals surface area (Å²) in [6.45, 7) is 1.53. The van der Waals surface area contributed by atoms with Crippen LogP contribution in [-0.4, -0.2) is 36.6 Å². The topological polar surface area (TPSA) is 81.8 Å². The van der Waals surface area contributed by atoms with E-state index in [0.717, 1.165) is 31.6 Å². The second-order valence-electron chi connectivity index (χ2n) is 5.23.